The number of aliphatic hydroxyl groups excluding tert-OH is 1. The third kappa shape index (κ3) is 2.48. The number of benzene rings is 1. The van der Waals surface area contributed by atoms with Crippen LogP contribution >= 0.6 is 0 Å². The van der Waals surface area contributed by atoms with Gasteiger partial charge >= 0.3 is 5.97 Å². The van der Waals surface area contributed by atoms with Gasteiger partial charge in [0.05, 0.1) is 6.54 Å². The molecule has 0 saturated carbocycles. The van der Waals surface area contributed by atoms with E-state index in [2.05, 4.69) is 5.32 Å². The maximum atomic E-state index is 13.5. The lowest BCUT2D eigenvalue weighted by atomic mass is 10.1. The van der Waals surface area contributed by atoms with Crippen molar-refractivity contribution in [1.82, 2.24) is 5.32 Å². The highest BCUT2D eigenvalue weighted by Crippen LogP contribution is 2.27. The van der Waals surface area contributed by atoms with Gasteiger partial charge < -0.3 is 19.9 Å². The summed E-state index contributed by atoms with van der Waals surface area (Å²) >= 11 is 0. The third-order valence-electron chi connectivity index (χ3n) is 2.86. The molecule has 20 heavy (non-hydrogen) atoms. The van der Waals surface area contributed by atoms with E-state index < -0.39 is 30.3 Å². The fraction of sp³-hybridized carbons (Fsp3) is 0.231. The Labute approximate surface area is 112 Å². The smallest absolute Gasteiger partial charge is 0.334 e. The fourth-order valence-corrected chi connectivity index (χ4v) is 1.78. The predicted molar refractivity (Wildman–Crippen MR) is 66.9 cm³/mol. The largest absolute Gasteiger partial charge is 0.479 e. The molecule has 0 radical (unpaired) electrons. The highest BCUT2D eigenvalue weighted by Gasteiger charge is 2.21. The number of rotatable bonds is 4. The van der Waals surface area contributed by atoms with Crippen LogP contribution in [0, 0.1) is 12.7 Å². The van der Waals surface area contributed by atoms with Crippen molar-refractivity contribution < 1.29 is 28.6 Å². The Morgan fingerprint density at radius 2 is 2.15 bits per heavy atom. The minimum absolute atomic E-state index is 0.0334. The molecular formula is C13H12FNO5. The second kappa shape index (κ2) is 5.30. The third-order valence-corrected chi connectivity index (χ3v) is 2.86. The molecule has 7 heteroatoms. The zero-order chi connectivity index (χ0) is 14.9. The SMILES string of the molecule is Cc1c(C(=O)NC[C@H](O)C(=O)O)oc2c(F)cccc12. The number of hydrogen-bond donors (Lipinski definition) is 3. The van der Waals surface area contributed by atoms with Crippen LogP contribution < -0.4 is 5.32 Å². The van der Waals surface area contributed by atoms with Crippen molar-refractivity contribution >= 4 is 22.8 Å². The number of amides is 1. The Morgan fingerprint density at radius 3 is 2.75 bits per heavy atom. The lowest BCUT2D eigenvalue weighted by Crippen LogP contribution is -2.36. The molecule has 0 aliphatic heterocycles. The van der Waals surface area contributed by atoms with Crippen LogP contribution in [0.3, 0.4) is 0 Å². The van der Waals surface area contributed by atoms with Crippen molar-refractivity contribution in [2.24, 2.45) is 0 Å². The molecule has 0 aliphatic carbocycles. The molecule has 3 N–H and O–H groups in total. The van der Waals surface area contributed by atoms with E-state index in [1.165, 1.54) is 12.1 Å². The number of aryl methyl sites for hydroxylation is 1. The van der Waals surface area contributed by atoms with Gasteiger partial charge in [-0.3, -0.25) is 4.79 Å². The van der Waals surface area contributed by atoms with Crippen LogP contribution in [-0.2, 0) is 4.79 Å². The topological polar surface area (TPSA) is 99.8 Å². The number of carbonyl (C=O) groups is 2. The van der Waals surface area contributed by atoms with E-state index in [4.69, 9.17) is 14.6 Å². The molecule has 0 spiro atoms. The first kappa shape index (κ1) is 14.0. The van der Waals surface area contributed by atoms with Crippen LogP contribution in [-0.4, -0.2) is 34.7 Å². The number of carboxylic acid groups (broad SMARTS) is 1. The molecule has 0 aliphatic rings. The molecule has 1 amide bonds. The van der Waals surface area contributed by atoms with Gasteiger partial charge in [0.25, 0.3) is 5.91 Å². The highest BCUT2D eigenvalue weighted by molar-refractivity contribution is 5.99. The number of halogens is 1. The van der Waals surface area contributed by atoms with E-state index >= 15 is 0 Å². The normalized spacial score (nSPS) is 12.3. The zero-order valence-electron chi connectivity index (χ0n) is 10.5. The van der Waals surface area contributed by atoms with Gasteiger partial charge in [-0.25, -0.2) is 9.18 Å². The number of fused-ring (bicyclic) bond motifs is 1. The number of hydrogen-bond acceptors (Lipinski definition) is 4. The van der Waals surface area contributed by atoms with Crippen LogP contribution in [0.5, 0.6) is 0 Å². The van der Waals surface area contributed by atoms with Gasteiger partial charge in [0.2, 0.25) is 0 Å². The van der Waals surface area contributed by atoms with Gasteiger partial charge in [-0.1, -0.05) is 12.1 Å². The van der Waals surface area contributed by atoms with E-state index in [-0.39, 0.29) is 11.3 Å². The van der Waals surface area contributed by atoms with Crippen LogP contribution in [0.1, 0.15) is 16.1 Å². The van der Waals surface area contributed by atoms with Gasteiger partial charge in [-0.15, -0.1) is 0 Å². The van der Waals surface area contributed by atoms with Gasteiger partial charge in [-0.2, -0.15) is 0 Å². The molecular weight excluding hydrogens is 269 g/mol. The van der Waals surface area contributed by atoms with Crippen LogP contribution in [0.4, 0.5) is 4.39 Å². The second-order valence-electron chi connectivity index (χ2n) is 4.24. The van der Waals surface area contributed by atoms with E-state index in [1.54, 1.807) is 13.0 Å². The van der Waals surface area contributed by atoms with Crippen LogP contribution in [0.2, 0.25) is 0 Å². The minimum Gasteiger partial charge on any atom is -0.479 e. The molecule has 0 saturated heterocycles. The summed E-state index contributed by atoms with van der Waals surface area (Å²) in [4.78, 5) is 22.3. The molecule has 1 aromatic heterocycles. The lowest BCUT2D eigenvalue weighted by molar-refractivity contribution is -0.146. The van der Waals surface area contributed by atoms with Gasteiger partial charge in [0.15, 0.2) is 23.3 Å². The summed E-state index contributed by atoms with van der Waals surface area (Å²) < 4.78 is 18.7. The van der Waals surface area contributed by atoms with E-state index in [0.717, 1.165) is 0 Å². The van der Waals surface area contributed by atoms with Crippen molar-refractivity contribution in [2.45, 2.75) is 13.0 Å². The maximum absolute atomic E-state index is 13.5. The van der Waals surface area contributed by atoms with Crippen molar-refractivity contribution in [3.05, 3.63) is 35.3 Å². The quantitative estimate of drug-likeness (QED) is 0.778. The average molecular weight is 281 g/mol. The first-order valence-corrected chi connectivity index (χ1v) is 5.78. The van der Waals surface area contributed by atoms with Gasteiger partial charge in [0, 0.05) is 10.9 Å². The predicted octanol–water partition coefficient (Wildman–Crippen LogP) is 1.06. The van der Waals surface area contributed by atoms with Gasteiger partial charge in [0.1, 0.15) is 0 Å². The Balaban J connectivity index is 2.25. The molecule has 6 nitrogen and oxygen atoms in total. The van der Waals surface area contributed by atoms with Crippen LogP contribution in [0.15, 0.2) is 22.6 Å². The summed E-state index contributed by atoms with van der Waals surface area (Å²) in [6.07, 6.45) is -1.71. The molecule has 0 bridgehead atoms. The van der Waals surface area contributed by atoms with Gasteiger partial charge in [-0.05, 0) is 13.0 Å². The summed E-state index contributed by atoms with van der Waals surface area (Å²) in [5.74, 6) is -2.85. The first-order valence-electron chi connectivity index (χ1n) is 5.78. The van der Waals surface area contributed by atoms with Crippen LogP contribution in [0.25, 0.3) is 11.0 Å². The molecule has 106 valence electrons. The standard InChI is InChI=1S/C13H12FNO5/c1-6-7-3-2-4-8(14)11(7)20-10(6)12(17)15-5-9(16)13(18)19/h2-4,9,16H,5H2,1H3,(H,15,17)(H,18,19)/t9-/m0/s1. The summed E-state index contributed by atoms with van der Waals surface area (Å²) in [7, 11) is 0. The van der Waals surface area contributed by atoms with Crippen molar-refractivity contribution in [3.8, 4) is 0 Å². The fourth-order valence-electron chi connectivity index (χ4n) is 1.78. The summed E-state index contributed by atoms with van der Waals surface area (Å²) in [5.41, 5.74) is 0.413. The Morgan fingerprint density at radius 1 is 1.45 bits per heavy atom. The van der Waals surface area contributed by atoms with Crippen molar-refractivity contribution in [3.63, 3.8) is 0 Å². The van der Waals surface area contributed by atoms with E-state index in [1.807, 2.05) is 0 Å². The molecule has 2 rings (SSSR count). The molecule has 1 heterocycles. The first-order chi connectivity index (χ1) is 9.41. The average Bonchev–Trinajstić information content (AvgIpc) is 2.75. The summed E-state index contributed by atoms with van der Waals surface area (Å²) in [6.45, 7) is 1.13. The number of furan rings is 1. The highest BCUT2D eigenvalue weighted by atomic mass is 19.1. The number of carbonyl (C=O) groups excluding carboxylic acids is 1. The maximum Gasteiger partial charge on any atom is 0.334 e. The molecule has 0 unspecified atom stereocenters. The molecule has 1 aromatic carbocycles. The van der Waals surface area contributed by atoms with Crippen molar-refractivity contribution in [2.75, 3.05) is 6.54 Å². The Hall–Kier alpha value is -2.41. The number of aliphatic hydroxyl groups is 1. The summed E-state index contributed by atoms with van der Waals surface area (Å²) in [6, 6.07) is 4.32. The lowest BCUT2D eigenvalue weighted by Gasteiger charge is -2.06. The van der Waals surface area contributed by atoms with E-state index in [9.17, 15) is 14.0 Å². The number of aliphatic carboxylic acids is 1. The second-order valence-corrected chi connectivity index (χ2v) is 4.24. The van der Waals surface area contributed by atoms with Crippen molar-refractivity contribution in [1.29, 1.82) is 0 Å². The number of para-hydroxylation sites is 1. The van der Waals surface area contributed by atoms with E-state index in [0.29, 0.717) is 10.9 Å². The Bertz CT molecular complexity index is 679. The summed E-state index contributed by atoms with van der Waals surface area (Å²) in [5, 5.41) is 20.2. The number of nitrogens with one attached hydrogen (secondary N) is 1. The molecule has 1 atom stereocenters. The number of carboxylic acids is 1. The minimum atomic E-state index is -1.71. The Kier molecular flexibility index (Phi) is 3.71. The monoisotopic (exact) mass is 281 g/mol. The zero-order valence-corrected chi connectivity index (χ0v) is 10.5. The molecule has 2 aromatic rings. The molecule has 0 fully saturated rings.